The lowest BCUT2D eigenvalue weighted by atomic mass is 10.3. The summed E-state index contributed by atoms with van der Waals surface area (Å²) in [6, 6.07) is 7.44. The van der Waals surface area contributed by atoms with Crippen LogP contribution in [-0.4, -0.2) is 49.3 Å². The second-order valence-corrected chi connectivity index (χ2v) is 5.51. The maximum Gasteiger partial charge on any atom is 0.279 e. The number of quaternary nitrogens is 1. The SMILES string of the molecule is C[N+](C)(CCO)CC(=O)Nc1ccc(Br)cc1. The molecule has 0 spiro atoms. The van der Waals surface area contributed by atoms with Crippen LogP contribution in [0.5, 0.6) is 0 Å². The normalized spacial score (nSPS) is 11.3. The number of halogens is 1. The topological polar surface area (TPSA) is 49.3 Å². The summed E-state index contributed by atoms with van der Waals surface area (Å²) in [5.41, 5.74) is 0.780. The largest absolute Gasteiger partial charge is 0.391 e. The minimum absolute atomic E-state index is 0.0502. The molecule has 1 rings (SSSR count). The van der Waals surface area contributed by atoms with Gasteiger partial charge < -0.3 is 14.9 Å². The molecule has 0 radical (unpaired) electrons. The Hall–Kier alpha value is -0.910. The highest BCUT2D eigenvalue weighted by molar-refractivity contribution is 9.10. The summed E-state index contributed by atoms with van der Waals surface area (Å²) in [7, 11) is 3.83. The number of aliphatic hydroxyl groups excluding tert-OH is 1. The first kappa shape index (κ1) is 14.2. The molecule has 0 unspecified atom stereocenters. The van der Waals surface area contributed by atoms with Crippen LogP contribution in [0.1, 0.15) is 0 Å². The molecule has 0 aromatic heterocycles. The smallest absolute Gasteiger partial charge is 0.279 e. The Morgan fingerprint density at radius 1 is 1.35 bits per heavy atom. The fraction of sp³-hybridized carbons (Fsp3) is 0.417. The van der Waals surface area contributed by atoms with Gasteiger partial charge in [-0.15, -0.1) is 0 Å². The van der Waals surface area contributed by atoms with Crippen LogP contribution in [0.15, 0.2) is 28.7 Å². The van der Waals surface area contributed by atoms with Crippen molar-refractivity contribution in [2.75, 3.05) is 39.1 Å². The Bertz CT molecular complexity index is 377. The molecular weight excluding hydrogens is 284 g/mol. The zero-order chi connectivity index (χ0) is 12.9. The number of hydrogen-bond acceptors (Lipinski definition) is 2. The zero-order valence-electron chi connectivity index (χ0n) is 10.1. The van der Waals surface area contributed by atoms with Crippen LogP contribution >= 0.6 is 15.9 Å². The first-order valence-corrected chi connectivity index (χ1v) is 6.20. The number of rotatable bonds is 5. The van der Waals surface area contributed by atoms with Crippen molar-refractivity contribution in [2.45, 2.75) is 0 Å². The number of carbonyl (C=O) groups is 1. The lowest BCUT2D eigenvalue weighted by Crippen LogP contribution is -2.47. The van der Waals surface area contributed by atoms with E-state index in [4.69, 9.17) is 5.11 Å². The van der Waals surface area contributed by atoms with Gasteiger partial charge in [0.05, 0.1) is 20.7 Å². The molecule has 0 aliphatic carbocycles. The minimum Gasteiger partial charge on any atom is -0.391 e. The molecule has 17 heavy (non-hydrogen) atoms. The predicted molar refractivity (Wildman–Crippen MR) is 71.7 cm³/mol. The summed E-state index contributed by atoms with van der Waals surface area (Å²) in [6.45, 7) is 0.989. The van der Waals surface area contributed by atoms with Crippen LogP contribution in [0.4, 0.5) is 5.69 Å². The highest BCUT2D eigenvalue weighted by atomic mass is 79.9. The van der Waals surface area contributed by atoms with Gasteiger partial charge in [-0.2, -0.15) is 0 Å². The standard InChI is InChI=1S/C12H17BrN2O2/c1-15(2,7-8-16)9-12(17)14-11-5-3-10(13)4-6-11/h3-6,16H,7-9H2,1-2H3/p+1. The van der Waals surface area contributed by atoms with Crippen molar-refractivity contribution in [3.63, 3.8) is 0 Å². The molecule has 0 fully saturated rings. The van der Waals surface area contributed by atoms with Crippen molar-refractivity contribution in [3.05, 3.63) is 28.7 Å². The average Bonchev–Trinajstić information content (AvgIpc) is 2.20. The van der Waals surface area contributed by atoms with Crippen LogP contribution in [0.3, 0.4) is 0 Å². The number of likely N-dealkylation sites (N-methyl/N-ethyl adjacent to an activating group) is 1. The van der Waals surface area contributed by atoms with E-state index in [1.807, 2.05) is 38.4 Å². The van der Waals surface area contributed by atoms with Gasteiger partial charge in [-0.1, -0.05) is 15.9 Å². The highest BCUT2D eigenvalue weighted by Gasteiger charge is 2.19. The van der Waals surface area contributed by atoms with Crippen LogP contribution in [-0.2, 0) is 4.79 Å². The Morgan fingerprint density at radius 2 is 1.94 bits per heavy atom. The van der Waals surface area contributed by atoms with Crippen LogP contribution in [0.2, 0.25) is 0 Å². The third kappa shape index (κ3) is 5.30. The van der Waals surface area contributed by atoms with Gasteiger partial charge in [0, 0.05) is 10.2 Å². The lowest BCUT2D eigenvalue weighted by molar-refractivity contribution is -0.882. The van der Waals surface area contributed by atoms with Crippen molar-refractivity contribution in [3.8, 4) is 0 Å². The Morgan fingerprint density at radius 3 is 2.47 bits per heavy atom. The first-order chi connectivity index (χ1) is 7.93. The molecule has 94 valence electrons. The zero-order valence-corrected chi connectivity index (χ0v) is 11.7. The van der Waals surface area contributed by atoms with Crippen molar-refractivity contribution < 1.29 is 14.4 Å². The monoisotopic (exact) mass is 301 g/mol. The predicted octanol–water partition coefficient (Wildman–Crippen LogP) is 1.46. The molecule has 0 atom stereocenters. The molecule has 1 amide bonds. The first-order valence-electron chi connectivity index (χ1n) is 5.41. The molecule has 1 aromatic rings. The fourth-order valence-corrected chi connectivity index (χ4v) is 1.74. The number of anilines is 1. The summed E-state index contributed by atoms with van der Waals surface area (Å²) in [5.74, 6) is -0.0502. The molecule has 5 heteroatoms. The number of benzene rings is 1. The maximum absolute atomic E-state index is 11.8. The molecule has 1 aromatic carbocycles. The van der Waals surface area contributed by atoms with Gasteiger partial charge in [0.2, 0.25) is 0 Å². The van der Waals surface area contributed by atoms with Crippen LogP contribution in [0, 0.1) is 0 Å². The van der Waals surface area contributed by atoms with Gasteiger partial charge >= 0.3 is 0 Å². The number of carbonyl (C=O) groups excluding carboxylic acids is 1. The summed E-state index contributed by atoms with van der Waals surface area (Å²) in [4.78, 5) is 11.8. The number of aliphatic hydroxyl groups is 1. The third-order valence-electron chi connectivity index (χ3n) is 2.40. The molecule has 0 aliphatic heterocycles. The second-order valence-electron chi connectivity index (χ2n) is 4.60. The van der Waals surface area contributed by atoms with Crippen molar-refractivity contribution in [2.24, 2.45) is 0 Å². The van der Waals surface area contributed by atoms with E-state index in [1.54, 1.807) is 0 Å². The van der Waals surface area contributed by atoms with Crippen molar-refractivity contribution >= 4 is 27.5 Å². The molecule has 2 N–H and O–H groups in total. The summed E-state index contributed by atoms with van der Waals surface area (Å²) < 4.78 is 1.45. The Labute approximate surface area is 110 Å². The van der Waals surface area contributed by atoms with Gasteiger partial charge in [0.1, 0.15) is 6.54 Å². The summed E-state index contributed by atoms with van der Waals surface area (Å²) in [6.07, 6.45) is 0. The molecule has 0 saturated carbocycles. The molecule has 4 nitrogen and oxygen atoms in total. The minimum atomic E-state index is -0.0502. The lowest BCUT2D eigenvalue weighted by Gasteiger charge is -2.27. The fourth-order valence-electron chi connectivity index (χ4n) is 1.47. The highest BCUT2D eigenvalue weighted by Crippen LogP contribution is 2.14. The summed E-state index contributed by atoms with van der Waals surface area (Å²) >= 11 is 3.34. The van der Waals surface area contributed by atoms with Gasteiger partial charge in [-0.05, 0) is 24.3 Å². The van der Waals surface area contributed by atoms with Crippen LogP contribution in [0.25, 0.3) is 0 Å². The van der Waals surface area contributed by atoms with Gasteiger partial charge in [0.25, 0.3) is 5.91 Å². The number of amides is 1. The van der Waals surface area contributed by atoms with E-state index >= 15 is 0 Å². The molecule has 0 aliphatic rings. The molecule has 0 saturated heterocycles. The van der Waals surface area contributed by atoms with E-state index in [1.165, 1.54) is 0 Å². The number of nitrogens with one attached hydrogen (secondary N) is 1. The molecule has 0 bridgehead atoms. The van der Waals surface area contributed by atoms with E-state index in [2.05, 4.69) is 21.2 Å². The van der Waals surface area contributed by atoms with Gasteiger partial charge in [-0.3, -0.25) is 4.79 Å². The maximum atomic E-state index is 11.8. The van der Waals surface area contributed by atoms with Gasteiger partial charge in [-0.25, -0.2) is 0 Å². The van der Waals surface area contributed by atoms with Crippen molar-refractivity contribution in [1.29, 1.82) is 0 Å². The second kappa shape index (κ2) is 6.14. The van der Waals surface area contributed by atoms with E-state index in [-0.39, 0.29) is 12.5 Å². The molecule has 0 heterocycles. The van der Waals surface area contributed by atoms with E-state index < -0.39 is 0 Å². The van der Waals surface area contributed by atoms with Crippen molar-refractivity contribution in [1.82, 2.24) is 0 Å². The third-order valence-corrected chi connectivity index (χ3v) is 2.93. The number of hydrogen-bond donors (Lipinski definition) is 2. The Balaban J connectivity index is 2.52. The Kier molecular flexibility index (Phi) is 5.11. The van der Waals surface area contributed by atoms with Gasteiger partial charge in [0.15, 0.2) is 6.54 Å². The van der Waals surface area contributed by atoms with E-state index in [0.717, 1.165) is 10.2 Å². The quantitative estimate of drug-likeness (QED) is 0.809. The summed E-state index contributed by atoms with van der Waals surface area (Å²) in [5, 5.41) is 11.7. The average molecular weight is 302 g/mol. The number of nitrogens with zero attached hydrogens (tertiary/aromatic N) is 1. The van der Waals surface area contributed by atoms with Crippen LogP contribution < -0.4 is 5.32 Å². The molecular formula is C12H18BrN2O2+. The van der Waals surface area contributed by atoms with E-state index in [0.29, 0.717) is 17.6 Å². The van der Waals surface area contributed by atoms with E-state index in [9.17, 15) is 4.79 Å².